The van der Waals surface area contributed by atoms with Crippen molar-refractivity contribution >= 4 is 50.8 Å². The molecule has 2 aromatic heterocycles. The number of rotatable bonds is 3. The van der Waals surface area contributed by atoms with Gasteiger partial charge in [0.05, 0.1) is 6.54 Å². The highest BCUT2D eigenvalue weighted by Gasteiger charge is 2.05. The van der Waals surface area contributed by atoms with E-state index >= 15 is 0 Å². The van der Waals surface area contributed by atoms with E-state index in [1.807, 2.05) is 35.0 Å². The van der Waals surface area contributed by atoms with Crippen molar-refractivity contribution in [2.75, 3.05) is 0 Å². The minimum Gasteiger partial charge on any atom is -0.329 e. The number of hydrogen-bond acceptors (Lipinski definition) is 2. The summed E-state index contributed by atoms with van der Waals surface area (Å²) < 4.78 is 6.08. The fourth-order valence-corrected chi connectivity index (χ4v) is 2.76. The maximum atomic E-state index is 5.84. The van der Waals surface area contributed by atoms with E-state index in [1.54, 1.807) is 12.3 Å². The zero-order chi connectivity index (χ0) is 13.9. The van der Waals surface area contributed by atoms with E-state index in [-0.39, 0.29) is 0 Å². The van der Waals surface area contributed by atoms with Crippen LogP contribution in [0.4, 0.5) is 0 Å². The molecule has 100 valence electrons. The van der Waals surface area contributed by atoms with Crippen molar-refractivity contribution in [1.82, 2.24) is 9.55 Å². The molecule has 0 saturated heterocycles. The molecular weight excluding hydrogens is 344 g/mol. The molecule has 0 aliphatic carbocycles. The molecule has 0 atom stereocenters. The van der Waals surface area contributed by atoms with Crippen molar-refractivity contribution in [2.24, 2.45) is 4.76 Å². The Morgan fingerprint density at radius 2 is 2.05 bits per heavy atom. The molecule has 0 unspecified atom stereocenters. The number of aromatic nitrogens is 2. The van der Waals surface area contributed by atoms with Crippen LogP contribution in [0.1, 0.15) is 5.56 Å². The summed E-state index contributed by atoms with van der Waals surface area (Å²) in [5, 5.41) is 0.462. The molecule has 2 rings (SSSR count). The first kappa shape index (κ1) is 15.0. The van der Waals surface area contributed by atoms with Gasteiger partial charge in [0.2, 0.25) is 4.89 Å². The maximum Gasteiger partial charge on any atom is 0.227 e. The van der Waals surface area contributed by atoms with E-state index in [4.69, 9.17) is 45.9 Å². The predicted molar refractivity (Wildman–Crippen MR) is 84.3 cm³/mol. The van der Waals surface area contributed by atoms with Crippen LogP contribution in [0.2, 0.25) is 5.15 Å². The molecule has 0 aliphatic rings. The van der Waals surface area contributed by atoms with Crippen molar-refractivity contribution in [2.45, 2.75) is 6.54 Å². The van der Waals surface area contributed by atoms with Crippen LogP contribution in [0.15, 0.2) is 47.5 Å². The van der Waals surface area contributed by atoms with Gasteiger partial charge >= 0.3 is 0 Å². The molecular formula is C11H9Cl3N3PS. The summed E-state index contributed by atoms with van der Waals surface area (Å²) in [5.41, 5.74) is 1.64. The fourth-order valence-electron chi connectivity index (χ4n) is 1.51. The summed E-state index contributed by atoms with van der Waals surface area (Å²) in [6, 6.07) is 9.21. The maximum absolute atomic E-state index is 5.84. The molecule has 0 bridgehead atoms. The Hall–Kier alpha value is -0.380. The van der Waals surface area contributed by atoms with Gasteiger partial charge in [0.25, 0.3) is 0 Å². The topological polar surface area (TPSA) is 30.2 Å². The van der Waals surface area contributed by atoms with Gasteiger partial charge < -0.3 is 4.57 Å². The molecule has 0 aliphatic heterocycles. The van der Waals surface area contributed by atoms with Gasteiger partial charge in [-0.1, -0.05) is 23.7 Å². The summed E-state index contributed by atoms with van der Waals surface area (Å²) in [6.45, 7) is 0.590. The second-order valence-corrected chi connectivity index (χ2v) is 11.4. The second-order valence-electron chi connectivity index (χ2n) is 3.71. The smallest absolute Gasteiger partial charge is 0.227 e. The third kappa shape index (κ3) is 4.90. The molecule has 2 aromatic rings. The van der Waals surface area contributed by atoms with Gasteiger partial charge in [-0.15, -0.1) is 0 Å². The number of halogens is 3. The zero-order valence-electron chi connectivity index (χ0n) is 9.58. The largest absolute Gasteiger partial charge is 0.329 e. The van der Waals surface area contributed by atoms with E-state index in [0.29, 0.717) is 17.2 Å². The lowest BCUT2D eigenvalue weighted by atomic mass is 10.3. The van der Waals surface area contributed by atoms with Crippen molar-refractivity contribution in [1.29, 1.82) is 0 Å². The molecule has 0 amide bonds. The van der Waals surface area contributed by atoms with Crippen molar-refractivity contribution < 1.29 is 0 Å². The minimum atomic E-state index is -2.68. The monoisotopic (exact) mass is 351 g/mol. The van der Waals surface area contributed by atoms with Crippen LogP contribution < -0.4 is 5.49 Å². The summed E-state index contributed by atoms with van der Waals surface area (Å²) in [7, 11) is 0. The third-order valence-corrected chi connectivity index (χ3v) is 3.64. The average Bonchev–Trinajstić information content (AvgIpc) is 2.33. The summed E-state index contributed by atoms with van der Waals surface area (Å²) >= 11 is 22.4. The highest BCUT2D eigenvalue weighted by atomic mass is 35.9. The van der Waals surface area contributed by atoms with Gasteiger partial charge in [0, 0.05) is 12.4 Å². The van der Waals surface area contributed by atoms with Gasteiger partial charge in [-0.2, -0.15) is 0 Å². The second kappa shape index (κ2) is 6.38. The fraction of sp³-hybridized carbons (Fsp3) is 0.0909. The molecule has 0 spiro atoms. The predicted octanol–water partition coefficient (Wildman–Crippen LogP) is 4.19. The standard InChI is InChI=1S/C11H9Cl3N3PS/c12-10-5-4-9(7-15-10)8-17-6-2-1-3-11(17)16-18(13,14)19/h1-7H,8H2. The molecule has 0 aromatic carbocycles. The summed E-state index contributed by atoms with van der Waals surface area (Å²) in [4.78, 5) is 1.35. The molecule has 0 saturated carbocycles. The Labute approximate surface area is 130 Å². The van der Waals surface area contributed by atoms with E-state index in [0.717, 1.165) is 5.56 Å². The van der Waals surface area contributed by atoms with Crippen LogP contribution in [0.3, 0.4) is 0 Å². The lowest BCUT2D eigenvalue weighted by Crippen LogP contribution is -2.19. The first-order valence-corrected chi connectivity index (χ1v) is 10.2. The minimum absolute atomic E-state index is 0.462. The molecule has 3 nitrogen and oxygen atoms in total. The molecule has 19 heavy (non-hydrogen) atoms. The first-order chi connectivity index (χ1) is 8.94. The summed E-state index contributed by atoms with van der Waals surface area (Å²) in [5.74, 6) is 0. The quantitative estimate of drug-likeness (QED) is 0.612. The lowest BCUT2D eigenvalue weighted by Gasteiger charge is -2.08. The SMILES string of the molecule is S=P(Cl)(Cl)N=c1ccccn1Cc1ccc(Cl)nc1. The Kier molecular flexibility index (Phi) is 5.04. The van der Waals surface area contributed by atoms with Crippen LogP contribution in [0.5, 0.6) is 0 Å². The Morgan fingerprint density at radius 3 is 2.68 bits per heavy atom. The zero-order valence-corrected chi connectivity index (χ0v) is 13.6. The van der Waals surface area contributed by atoms with Crippen LogP contribution in [-0.2, 0) is 18.4 Å². The lowest BCUT2D eigenvalue weighted by molar-refractivity contribution is 0.745. The van der Waals surface area contributed by atoms with E-state index in [9.17, 15) is 0 Å². The first-order valence-electron chi connectivity index (χ1n) is 5.25. The molecule has 2 heterocycles. The highest BCUT2D eigenvalue weighted by Crippen LogP contribution is 2.57. The van der Waals surface area contributed by atoms with E-state index in [1.165, 1.54) is 0 Å². The Bertz CT molecular complexity index is 678. The van der Waals surface area contributed by atoms with E-state index < -0.39 is 4.89 Å². The number of hydrogen-bond donors (Lipinski definition) is 0. The van der Waals surface area contributed by atoms with Gasteiger partial charge in [0.1, 0.15) is 10.6 Å². The van der Waals surface area contributed by atoms with Gasteiger partial charge in [-0.25, -0.2) is 9.75 Å². The van der Waals surface area contributed by atoms with Crippen LogP contribution in [-0.4, -0.2) is 9.55 Å². The highest BCUT2D eigenvalue weighted by molar-refractivity contribution is 8.38. The van der Waals surface area contributed by atoms with Crippen LogP contribution >= 0.6 is 39.0 Å². The molecule has 0 fully saturated rings. The van der Waals surface area contributed by atoms with Gasteiger partial charge in [-0.05, 0) is 58.1 Å². The summed E-state index contributed by atoms with van der Waals surface area (Å²) in [6.07, 6.45) is 3.59. The van der Waals surface area contributed by atoms with E-state index in [2.05, 4.69) is 9.75 Å². The third-order valence-electron chi connectivity index (χ3n) is 2.28. The molecule has 8 heteroatoms. The Morgan fingerprint density at radius 1 is 1.26 bits per heavy atom. The Balaban J connectivity index is 2.38. The van der Waals surface area contributed by atoms with Crippen LogP contribution in [0.25, 0.3) is 0 Å². The molecule has 0 N–H and O–H groups in total. The normalized spacial score (nSPS) is 12.7. The van der Waals surface area contributed by atoms with Crippen molar-refractivity contribution in [3.8, 4) is 0 Å². The number of pyridine rings is 2. The number of nitrogens with zero attached hydrogens (tertiary/aromatic N) is 3. The average molecular weight is 353 g/mol. The van der Waals surface area contributed by atoms with Gasteiger partial charge in [-0.3, -0.25) is 0 Å². The van der Waals surface area contributed by atoms with Crippen molar-refractivity contribution in [3.05, 3.63) is 58.9 Å². The van der Waals surface area contributed by atoms with Crippen LogP contribution in [0, 0.1) is 0 Å². The van der Waals surface area contributed by atoms with Crippen molar-refractivity contribution in [3.63, 3.8) is 0 Å². The molecule has 0 radical (unpaired) electrons. The van der Waals surface area contributed by atoms with Gasteiger partial charge in [0.15, 0.2) is 0 Å².